The molecule has 164 valence electrons. The Hall–Kier alpha value is -2.64. The second-order valence-electron chi connectivity index (χ2n) is 7.93. The Morgan fingerprint density at radius 1 is 1.06 bits per heavy atom. The zero-order valence-electron chi connectivity index (χ0n) is 17.7. The quantitative estimate of drug-likeness (QED) is 0.658. The number of nitrogens with one attached hydrogen (secondary N) is 2. The molecule has 0 saturated carbocycles. The molecule has 3 rings (SSSR count). The van der Waals surface area contributed by atoms with E-state index in [-0.39, 0.29) is 16.9 Å². The standard InChI is InChI=1S/C23H27ClN4O2S/c1-16(2)14-21(29)28-12-10-27(11-13-28)20-8-6-19(7-9-20)25-23(31)26-22(30)17-4-3-5-18(24)15-17/h3-9,15-16H,10-14H2,1-2H3,(H2,25,26,30,31). The Bertz CT molecular complexity index is 941. The van der Waals surface area contributed by atoms with Crippen molar-refractivity contribution in [2.45, 2.75) is 20.3 Å². The van der Waals surface area contributed by atoms with E-state index in [0.717, 1.165) is 37.6 Å². The van der Waals surface area contributed by atoms with E-state index in [1.807, 2.05) is 29.2 Å². The van der Waals surface area contributed by atoms with Gasteiger partial charge in [-0.1, -0.05) is 31.5 Å². The van der Waals surface area contributed by atoms with Crippen molar-refractivity contribution in [3.8, 4) is 0 Å². The van der Waals surface area contributed by atoms with Gasteiger partial charge in [-0.15, -0.1) is 0 Å². The van der Waals surface area contributed by atoms with Gasteiger partial charge >= 0.3 is 0 Å². The fourth-order valence-corrected chi connectivity index (χ4v) is 3.82. The summed E-state index contributed by atoms with van der Waals surface area (Å²) < 4.78 is 0. The molecule has 2 aromatic rings. The predicted molar refractivity (Wildman–Crippen MR) is 130 cm³/mol. The molecule has 2 amide bonds. The maximum atomic E-state index is 12.3. The molecule has 0 unspecified atom stereocenters. The molecule has 0 aliphatic carbocycles. The number of thiocarbonyl (C=S) groups is 1. The Morgan fingerprint density at radius 2 is 1.74 bits per heavy atom. The zero-order chi connectivity index (χ0) is 22.4. The Labute approximate surface area is 193 Å². The highest BCUT2D eigenvalue weighted by Crippen LogP contribution is 2.20. The van der Waals surface area contributed by atoms with Gasteiger partial charge in [-0.25, -0.2) is 0 Å². The summed E-state index contributed by atoms with van der Waals surface area (Å²) in [6.07, 6.45) is 0.605. The molecule has 1 aliphatic heterocycles. The largest absolute Gasteiger partial charge is 0.368 e. The second kappa shape index (κ2) is 10.6. The van der Waals surface area contributed by atoms with Gasteiger partial charge in [0.1, 0.15) is 0 Å². The average Bonchev–Trinajstić information content (AvgIpc) is 2.74. The number of hydrogen-bond donors (Lipinski definition) is 2. The van der Waals surface area contributed by atoms with Crippen molar-refractivity contribution < 1.29 is 9.59 Å². The highest BCUT2D eigenvalue weighted by Gasteiger charge is 2.21. The van der Waals surface area contributed by atoms with E-state index >= 15 is 0 Å². The summed E-state index contributed by atoms with van der Waals surface area (Å²) in [5, 5.41) is 6.39. The SMILES string of the molecule is CC(C)CC(=O)N1CCN(c2ccc(NC(=S)NC(=O)c3cccc(Cl)c3)cc2)CC1. The Balaban J connectivity index is 1.49. The number of halogens is 1. The minimum atomic E-state index is -0.318. The van der Waals surface area contributed by atoms with E-state index in [9.17, 15) is 9.59 Å². The first-order chi connectivity index (χ1) is 14.8. The van der Waals surface area contributed by atoms with E-state index < -0.39 is 0 Å². The van der Waals surface area contributed by atoms with Crippen LogP contribution in [0.3, 0.4) is 0 Å². The van der Waals surface area contributed by atoms with Crippen LogP contribution in [-0.2, 0) is 4.79 Å². The van der Waals surface area contributed by atoms with Crippen LogP contribution in [0.4, 0.5) is 11.4 Å². The number of nitrogens with zero attached hydrogens (tertiary/aromatic N) is 2. The molecule has 0 atom stereocenters. The maximum Gasteiger partial charge on any atom is 0.257 e. The zero-order valence-corrected chi connectivity index (χ0v) is 19.3. The monoisotopic (exact) mass is 458 g/mol. The Morgan fingerprint density at radius 3 is 2.35 bits per heavy atom. The van der Waals surface area contributed by atoms with Crippen molar-refractivity contribution in [3.05, 3.63) is 59.1 Å². The minimum absolute atomic E-state index is 0.218. The van der Waals surface area contributed by atoms with E-state index in [0.29, 0.717) is 22.9 Å². The van der Waals surface area contributed by atoms with Crippen molar-refractivity contribution in [2.24, 2.45) is 5.92 Å². The van der Waals surface area contributed by atoms with Crippen molar-refractivity contribution in [2.75, 3.05) is 36.4 Å². The molecule has 0 bridgehead atoms. The molecule has 8 heteroatoms. The molecule has 1 fully saturated rings. The van der Waals surface area contributed by atoms with Crippen LogP contribution in [0.25, 0.3) is 0 Å². The molecule has 1 heterocycles. The van der Waals surface area contributed by atoms with Gasteiger partial charge in [0, 0.05) is 54.6 Å². The van der Waals surface area contributed by atoms with Gasteiger partial charge in [-0.05, 0) is 60.6 Å². The summed E-state index contributed by atoms with van der Waals surface area (Å²) in [7, 11) is 0. The second-order valence-corrected chi connectivity index (χ2v) is 8.78. The molecular formula is C23H27ClN4O2S. The van der Waals surface area contributed by atoms with Gasteiger partial charge in [0.25, 0.3) is 5.91 Å². The fourth-order valence-electron chi connectivity index (χ4n) is 3.42. The van der Waals surface area contributed by atoms with Crippen molar-refractivity contribution >= 4 is 52.1 Å². The van der Waals surface area contributed by atoms with Crippen LogP contribution in [0.15, 0.2) is 48.5 Å². The fraction of sp³-hybridized carbons (Fsp3) is 0.348. The van der Waals surface area contributed by atoms with Crippen LogP contribution < -0.4 is 15.5 Å². The highest BCUT2D eigenvalue weighted by molar-refractivity contribution is 7.80. The number of rotatable bonds is 5. The summed E-state index contributed by atoms with van der Waals surface area (Å²) in [6, 6.07) is 14.5. The third-order valence-corrected chi connectivity index (χ3v) is 5.46. The van der Waals surface area contributed by atoms with Crippen LogP contribution in [0.5, 0.6) is 0 Å². The van der Waals surface area contributed by atoms with Gasteiger partial charge in [0.05, 0.1) is 0 Å². The number of hydrogen-bond acceptors (Lipinski definition) is 4. The van der Waals surface area contributed by atoms with E-state index in [1.54, 1.807) is 24.3 Å². The summed E-state index contributed by atoms with van der Waals surface area (Å²) in [6.45, 7) is 7.24. The number of carbonyl (C=O) groups is 2. The summed E-state index contributed by atoms with van der Waals surface area (Å²) >= 11 is 11.2. The average molecular weight is 459 g/mol. The molecule has 0 aromatic heterocycles. The van der Waals surface area contributed by atoms with Gasteiger partial charge in [0.2, 0.25) is 5.91 Å². The molecule has 0 spiro atoms. The van der Waals surface area contributed by atoms with E-state index in [1.165, 1.54) is 0 Å². The number of carbonyl (C=O) groups excluding carboxylic acids is 2. The normalized spacial score (nSPS) is 13.8. The summed E-state index contributed by atoms with van der Waals surface area (Å²) in [5.41, 5.74) is 2.32. The van der Waals surface area contributed by atoms with E-state index in [4.69, 9.17) is 23.8 Å². The molecule has 6 nitrogen and oxygen atoms in total. The van der Waals surface area contributed by atoms with Crippen LogP contribution >= 0.6 is 23.8 Å². The van der Waals surface area contributed by atoms with Crippen LogP contribution in [0.2, 0.25) is 5.02 Å². The summed E-state index contributed by atoms with van der Waals surface area (Å²) in [4.78, 5) is 28.7. The van der Waals surface area contributed by atoms with Crippen LogP contribution in [0.1, 0.15) is 30.6 Å². The topological polar surface area (TPSA) is 64.7 Å². The molecule has 1 saturated heterocycles. The first-order valence-electron chi connectivity index (χ1n) is 10.3. The molecule has 31 heavy (non-hydrogen) atoms. The van der Waals surface area contributed by atoms with Gasteiger partial charge < -0.3 is 15.1 Å². The third-order valence-electron chi connectivity index (χ3n) is 5.02. The van der Waals surface area contributed by atoms with Crippen LogP contribution in [0, 0.1) is 5.92 Å². The molecule has 1 aliphatic rings. The molecular weight excluding hydrogens is 432 g/mol. The lowest BCUT2D eigenvalue weighted by atomic mass is 10.1. The van der Waals surface area contributed by atoms with Crippen molar-refractivity contribution in [3.63, 3.8) is 0 Å². The van der Waals surface area contributed by atoms with Gasteiger partial charge in [-0.3, -0.25) is 14.9 Å². The predicted octanol–water partition coefficient (Wildman–Crippen LogP) is 4.16. The van der Waals surface area contributed by atoms with E-state index in [2.05, 4.69) is 29.4 Å². The molecule has 2 N–H and O–H groups in total. The van der Waals surface area contributed by atoms with Gasteiger partial charge in [0.15, 0.2) is 5.11 Å². The maximum absolute atomic E-state index is 12.3. The lowest BCUT2D eigenvalue weighted by Gasteiger charge is -2.36. The molecule has 2 aromatic carbocycles. The lowest BCUT2D eigenvalue weighted by Crippen LogP contribution is -2.49. The van der Waals surface area contributed by atoms with Crippen molar-refractivity contribution in [1.82, 2.24) is 10.2 Å². The number of anilines is 2. The number of amides is 2. The number of piperazine rings is 1. The van der Waals surface area contributed by atoms with Crippen molar-refractivity contribution in [1.29, 1.82) is 0 Å². The smallest absolute Gasteiger partial charge is 0.257 e. The highest BCUT2D eigenvalue weighted by atomic mass is 35.5. The van der Waals surface area contributed by atoms with Gasteiger partial charge in [-0.2, -0.15) is 0 Å². The first-order valence-corrected chi connectivity index (χ1v) is 11.1. The lowest BCUT2D eigenvalue weighted by molar-refractivity contribution is -0.132. The first kappa shape index (κ1) is 23.0. The summed E-state index contributed by atoms with van der Waals surface area (Å²) in [5.74, 6) is 0.302. The third kappa shape index (κ3) is 6.67. The minimum Gasteiger partial charge on any atom is -0.368 e. The molecule has 0 radical (unpaired) electrons. The van der Waals surface area contributed by atoms with Crippen LogP contribution in [-0.4, -0.2) is 48.0 Å². The Kier molecular flexibility index (Phi) is 7.87. The number of benzene rings is 2.